The molecule has 3 nitrogen and oxygen atoms in total. The van der Waals surface area contributed by atoms with Crippen LogP contribution in [0.1, 0.15) is 30.4 Å². The molecule has 1 N–H and O–H groups in total. The van der Waals surface area contributed by atoms with Crippen molar-refractivity contribution in [3.05, 3.63) is 35.1 Å². The fourth-order valence-corrected chi connectivity index (χ4v) is 2.79. The number of hydrogen-bond acceptors (Lipinski definition) is 3. The summed E-state index contributed by atoms with van der Waals surface area (Å²) in [5, 5.41) is 18.8. The molecule has 1 aliphatic rings. The van der Waals surface area contributed by atoms with Gasteiger partial charge in [-0.25, -0.2) is 4.39 Å². The van der Waals surface area contributed by atoms with Crippen LogP contribution >= 0.6 is 0 Å². The van der Waals surface area contributed by atoms with E-state index in [1.165, 1.54) is 18.2 Å². The van der Waals surface area contributed by atoms with Gasteiger partial charge in [0.05, 0.1) is 17.7 Å². The Hall–Kier alpha value is -1.44. The first kappa shape index (κ1) is 14.0. The van der Waals surface area contributed by atoms with Crippen LogP contribution < -0.4 is 0 Å². The van der Waals surface area contributed by atoms with Gasteiger partial charge in [-0.15, -0.1) is 0 Å². The highest BCUT2D eigenvalue weighted by molar-refractivity contribution is 5.37. The predicted molar refractivity (Wildman–Crippen MR) is 70.8 cm³/mol. The van der Waals surface area contributed by atoms with Gasteiger partial charge in [-0.2, -0.15) is 5.26 Å². The third-order valence-electron chi connectivity index (χ3n) is 3.79. The molecular formula is C15H19FN2O. The Morgan fingerprint density at radius 3 is 2.89 bits per heavy atom. The molecule has 102 valence electrons. The van der Waals surface area contributed by atoms with Crippen LogP contribution in [-0.4, -0.2) is 29.7 Å². The maximum absolute atomic E-state index is 13.2. The van der Waals surface area contributed by atoms with E-state index in [9.17, 15) is 9.50 Å². The molecule has 4 heteroatoms. The second-order valence-electron chi connectivity index (χ2n) is 5.37. The van der Waals surface area contributed by atoms with Crippen LogP contribution in [-0.2, 0) is 6.54 Å². The molecule has 0 bridgehead atoms. The van der Waals surface area contributed by atoms with Gasteiger partial charge in [0, 0.05) is 13.1 Å². The Balaban J connectivity index is 2.00. The van der Waals surface area contributed by atoms with Crippen LogP contribution in [0.25, 0.3) is 0 Å². The van der Waals surface area contributed by atoms with Crippen LogP contribution in [0.3, 0.4) is 0 Å². The lowest BCUT2D eigenvalue weighted by Gasteiger charge is -2.23. The molecule has 1 aliphatic carbocycles. The van der Waals surface area contributed by atoms with Crippen LogP contribution in [0.5, 0.6) is 0 Å². The molecule has 1 aromatic rings. The molecule has 2 atom stereocenters. The summed E-state index contributed by atoms with van der Waals surface area (Å²) < 4.78 is 13.2. The summed E-state index contributed by atoms with van der Waals surface area (Å²) in [6.45, 7) is 1.31. The molecule has 0 radical (unpaired) electrons. The highest BCUT2D eigenvalue weighted by Gasteiger charge is 2.26. The minimum absolute atomic E-state index is 0.217. The number of rotatable bonds is 4. The molecule has 1 fully saturated rings. The first-order valence-electron chi connectivity index (χ1n) is 6.65. The number of nitriles is 1. The molecule has 2 rings (SSSR count). The monoisotopic (exact) mass is 262 g/mol. The van der Waals surface area contributed by atoms with Gasteiger partial charge in [-0.05, 0) is 49.6 Å². The number of nitrogens with zero attached hydrogens (tertiary/aromatic N) is 2. The predicted octanol–water partition coefficient (Wildman–Crippen LogP) is 2.29. The summed E-state index contributed by atoms with van der Waals surface area (Å²) in [5.41, 5.74) is 1.22. The maximum atomic E-state index is 13.2. The van der Waals surface area contributed by atoms with Crippen LogP contribution in [0.15, 0.2) is 18.2 Å². The summed E-state index contributed by atoms with van der Waals surface area (Å²) in [7, 11) is 1.94. The first-order chi connectivity index (χ1) is 9.10. The van der Waals surface area contributed by atoms with Gasteiger partial charge in [0.2, 0.25) is 0 Å². The van der Waals surface area contributed by atoms with Crippen molar-refractivity contribution in [1.29, 1.82) is 5.26 Å². The lowest BCUT2D eigenvalue weighted by molar-refractivity contribution is 0.108. The van der Waals surface area contributed by atoms with E-state index in [2.05, 4.69) is 11.0 Å². The Morgan fingerprint density at radius 2 is 2.26 bits per heavy atom. The van der Waals surface area contributed by atoms with Crippen molar-refractivity contribution >= 4 is 0 Å². The van der Waals surface area contributed by atoms with Crippen molar-refractivity contribution < 1.29 is 9.50 Å². The molecule has 0 aromatic heterocycles. The molecule has 19 heavy (non-hydrogen) atoms. The Kier molecular flexibility index (Phi) is 4.52. The number of halogens is 1. The molecule has 0 heterocycles. The van der Waals surface area contributed by atoms with Crippen LogP contribution in [0.4, 0.5) is 4.39 Å². The lowest BCUT2D eigenvalue weighted by atomic mass is 10.0. The zero-order chi connectivity index (χ0) is 13.8. The second kappa shape index (κ2) is 6.14. The van der Waals surface area contributed by atoms with Gasteiger partial charge in [0.15, 0.2) is 0 Å². The molecule has 0 amide bonds. The molecule has 0 saturated heterocycles. The zero-order valence-electron chi connectivity index (χ0n) is 11.1. The average molecular weight is 262 g/mol. The molecule has 0 aliphatic heterocycles. The fraction of sp³-hybridized carbons (Fsp3) is 0.533. The third-order valence-corrected chi connectivity index (χ3v) is 3.79. The van der Waals surface area contributed by atoms with E-state index in [1.807, 2.05) is 7.05 Å². The Labute approximate surface area is 113 Å². The number of hydrogen-bond donors (Lipinski definition) is 1. The maximum Gasteiger partial charge on any atom is 0.123 e. The summed E-state index contributed by atoms with van der Waals surface area (Å²) in [6, 6.07) is 6.33. The number of aliphatic hydroxyl groups excluding tert-OH is 1. The lowest BCUT2D eigenvalue weighted by Crippen LogP contribution is -2.29. The van der Waals surface area contributed by atoms with Crippen molar-refractivity contribution in [3.8, 4) is 6.07 Å². The summed E-state index contributed by atoms with van der Waals surface area (Å²) in [5.74, 6) is -0.0209. The molecule has 0 spiro atoms. The van der Waals surface area contributed by atoms with Crippen molar-refractivity contribution in [2.24, 2.45) is 5.92 Å². The van der Waals surface area contributed by atoms with E-state index in [-0.39, 0.29) is 11.9 Å². The quantitative estimate of drug-likeness (QED) is 0.905. The average Bonchev–Trinajstić information content (AvgIpc) is 2.75. The summed E-state index contributed by atoms with van der Waals surface area (Å²) in [4.78, 5) is 2.05. The van der Waals surface area contributed by atoms with Crippen molar-refractivity contribution in [3.63, 3.8) is 0 Å². The second-order valence-corrected chi connectivity index (χ2v) is 5.37. The van der Waals surface area contributed by atoms with E-state index in [1.54, 1.807) is 0 Å². The van der Waals surface area contributed by atoms with Gasteiger partial charge < -0.3 is 10.0 Å². The van der Waals surface area contributed by atoms with Crippen LogP contribution in [0, 0.1) is 23.1 Å². The first-order valence-corrected chi connectivity index (χ1v) is 6.65. The van der Waals surface area contributed by atoms with Crippen molar-refractivity contribution in [1.82, 2.24) is 4.90 Å². The minimum Gasteiger partial charge on any atom is -0.393 e. The van der Waals surface area contributed by atoms with Gasteiger partial charge in [0.1, 0.15) is 5.82 Å². The zero-order valence-corrected chi connectivity index (χ0v) is 11.1. The standard InChI is InChI=1S/C15H19FN2O/c1-18(9-12-3-2-4-15(12)19)10-13-7-14(16)6-5-11(13)8-17/h5-7,12,15,19H,2-4,9-10H2,1H3. The summed E-state index contributed by atoms with van der Waals surface area (Å²) in [6.07, 6.45) is 2.77. The normalized spacial score (nSPS) is 22.7. The van der Waals surface area contributed by atoms with Gasteiger partial charge in [-0.3, -0.25) is 0 Å². The SMILES string of the molecule is CN(Cc1cc(F)ccc1C#N)CC1CCCC1O. The highest BCUT2D eigenvalue weighted by atomic mass is 19.1. The van der Waals surface area contributed by atoms with E-state index < -0.39 is 0 Å². The highest BCUT2D eigenvalue weighted by Crippen LogP contribution is 2.26. The smallest absolute Gasteiger partial charge is 0.123 e. The van der Waals surface area contributed by atoms with E-state index >= 15 is 0 Å². The van der Waals surface area contributed by atoms with Gasteiger partial charge in [-0.1, -0.05) is 6.42 Å². The largest absolute Gasteiger partial charge is 0.393 e. The minimum atomic E-state index is -0.316. The number of aliphatic hydroxyl groups is 1. The number of benzene rings is 1. The van der Waals surface area contributed by atoms with Crippen molar-refractivity contribution in [2.75, 3.05) is 13.6 Å². The molecule has 1 aromatic carbocycles. The Morgan fingerprint density at radius 1 is 1.47 bits per heavy atom. The van der Waals surface area contributed by atoms with Gasteiger partial charge >= 0.3 is 0 Å². The van der Waals surface area contributed by atoms with E-state index in [4.69, 9.17) is 5.26 Å². The molecule has 2 unspecified atom stereocenters. The molecule has 1 saturated carbocycles. The van der Waals surface area contributed by atoms with Crippen LogP contribution in [0.2, 0.25) is 0 Å². The van der Waals surface area contributed by atoms with E-state index in [0.29, 0.717) is 23.6 Å². The summed E-state index contributed by atoms with van der Waals surface area (Å²) >= 11 is 0. The fourth-order valence-electron chi connectivity index (χ4n) is 2.79. The third kappa shape index (κ3) is 3.52. The van der Waals surface area contributed by atoms with E-state index in [0.717, 1.165) is 25.8 Å². The van der Waals surface area contributed by atoms with Crippen molar-refractivity contribution in [2.45, 2.75) is 31.9 Å². The molecular weight excluding hydrogens is 243 g/mol. The van der Waals surface area contributed by atoms with Gasteiger partial charge in [0.25, 0.3) is 0 Å². The Bertz CT molecular complexity index is 484. The topological polar surface area (TPSA) is 47.3 Å².